The normalized spacial score (nSPS) is 19.0. The van der Waals surface area contributed by atoms with Gasteiger partial charge >= 0.3 is 0 Å². The van der Waals surface area contributed by atoms with Gasteiger partial charge in [0, 0.05) is 29.6 Å². The standard InChI is InChI=1S/C21H23FN2O2S/c1-13-4-6-16(22)12-17(13)23-20(25)14-5-7-18-15(10-14)11-19(27-18)21(26)24-8-2-3-9-24/h4,6,11-12,14H,2-3,5,7-10H2,1H3,(H,23,25). The Morgan fingerprint density at radius 3 is 2.78 bits per heavy atom. The quantitative estimate of drug-likeness (QED) is 0.860. The fourth-order valence-electron chi connectivity index (χ4n) is 3.89. The summed E-state index contributed by atoms with van der Waals surface area (Å²) >= 11 is 1.58. The van der Waals surface area contributed by atoms with Gasteiger partial charge in [-0.3, -0.25) is 9.59 Å². The Morgan fingerprint density at radius 1 is 1.22 bits per heavy atom. The summed E-state index contributed by atoms with van der Waals surface area (Å²) in [6.45, 7) is 3.54. The molecule has 4 rings (SSSR count). The molecule has 142 valence electrons. The van der Waals surface area contributed by atoms with Gasteiger partial charge in [-0.15, -0.1) is 11.3 Å². The second kappa shape index (κ2) is 7.43. The Kier molecular flexibility index (Phi) is 5.00. The van der Waals surface area contributed by atoms with Gasteiger partial charge in [0.05, 0.1) is 4.88 Å². The molecule has 2 heterocycles. The van der Waals surface area contributed by atoms with Gasteiger partial charge in [0.15, 0.2) is 0 Å². The van der Waals surface area contributed by atoms with Crippen molar-refractivity contribution in [3.63, 3.8) is 0 Å². The maximum atomic E-state index is 13.5. The minimum Gasteiger partial charge on any atom is -0.338 e. The first-order valence-corrected chi connectivity index (χ1v) is 10.3. The zero-order chi connectivity index (χ0) is 19.0. The van der Waals surface area contributed by atoms with Gasteiger partial charge in [0.2, 0.25) is 5.91 Å². The van der Waals surface area contributed by atoms with Crippen molar-refractivity contribution in [1.29, 1.82) is 0 Å². The van der Waals surface area contributed by atoms with Gasteiger partial charge in [-0.1, -0.05) is 6.07 Å². The SMILES string of the molecule is Cc1ccc(F)cc1NC(=O)C1CCc2sc(C(=O)N3CCCC3)cc2C1. The van der Waals surface area contributed by atoms with Gasteiger partial charge in [-0.25, -0.2) is 4.39 Å². The fourth-order valence-corrected chi connectivity index (χ4v) is 5.07. The van der Waals surface area contributed by atoms with Crippen molar-refractivity contribution in [1.82, 2.24) is 4.90 Å². The van der Waals surface area contributed by atoms with Crippen molar-refractivity contribution in [2.24, 2.45) is 5.92 Å². The van der Waals surface area contributed by atoms with Crippen LogP contribution >= 0.6 is 11.3 Å². The van der Waals surface area contributed by atoms with Crippen LogP contribution in [0.1, 0.15) is 44.9 Å². The Hall–Kier alpha value is -2.21. The molecule has 0 spiro atoms. The fraction of sp³-hybridized carbons (Fsp3) is 0.429. The van der Waals surface area contributed by atoms with E-state index in [0.29, 0.717) is 12.1 Å². The molecule has 1 aliphatic heterocycles. The largest absolute Gasteiger partial charge is 0.338 e. The van der Waals surface area contributed by atoms with E-state index in [1.165, 1.54) is 17.0 Å². The highest BCUT2D eigenvalue weighted by atomic mass is 32.1. The lowest BCUT2D eigenvalue weighted by Gasteiger charge is -2.21. The number of nitrogens with zero attached hydrogens (tertiary/aromatic N) is 1. The summed E-state index contributed by atoms with van der Waals surface area (Å²) in [4.78, 5) is 29.2. The number of nitrogens with one attached hydrogen (secondary N) is 1. The predicted octanol–water partition coefficient (Wildman–Crippen LogP) is 4.18. The van der Waals surface area contributed by atoms with Crippen molar-refractivity contribution in [3.8, 4) is 0 Å². The maximum absolute atomic E-state index is 13.5. The van der Waals surface area contributed by atoms with E-state index in [4.69, 9.17) is 0 Å². The zero-order valence-corrected chi connectivity index (χ0v) is 16.2. The molecule has 1 saturated heterocycles. The highest BCUT2D eigenvalue weighted by Crippen LogP contribution is 2.34. The first kappa shape index (κ1) is 18.2. The number of carbonyl (C=O) groups is 2. The van der Waals surface area contributed by atoms with Gasteiger partial charge < -0.3 is 10.2 Å². The number of halogens is 1. The van der Waals surface area contributed by atoms with Crippen LogP contribution in [0.15, 0.2) is 24.3 Å². The van der Waals surface area contributed by atoms with E-state index in [2.05, 4.69) is 5.32 Å². The van der Waals surface area contributed by atoms with Crippen LogP contribution in [-0.4, -0.2) is 29.8 Å². The van der Waals surface area contributed by atoms with Crippen LogP contribution in [0.3, 0.4) is 0 Å². The molecule has 1 aromatic heterocycles. The molecule has 1 aromatic carbocycles. The number of fused-ring (bicyclic) bond motifs is 1. The highest BCUT2D eigenvalue weighted by molar-refractivity contribution is 7.14. The summed E-state index contributed by atoms with van der Waals surface area (Å²) in [7, 11) is 0. The topological polar surface area (TPSA) is 49.4 Å². The lowest BCUT2D eigenvalue weighted by molar-refractivity contribution is -0.120. The Morgan fingerprint density at radius 2 is 2.00 bits per heavy atom. The number of benzene rings is 1. The lowest BCUT2D eigenvalue weighted by atomic mass is 9.87. The number of hydrogen-bond donors (Lipinski definition) is 1. The van der Waals surface area contributed by atoms with Gasteiger partial charge in [0.1, 0.15) is 5.82 Å². The zero-order valence-electron chi connectivity index (χ0n) is 15.4. The number of anilines is 1. The predicted molar refractivity (Wildman–Crippen MR) is 105 cm³/mol. The molecule has 27 heavy (non-hydrogen) atoms. The summed E-state index contributed by atoms with van der Waals surface area (Å²) in [5, 5.41) is 2.88. The molecule has 1 fully saturated rings. The smallest absolute Gasteiger partial charge is 0.263 e. The van der Waals surface area contributed by atoms with E-state index in [0.717, 1.165) is 54.8 Å². The molecular weight excluding hydrogens is 363 g/mol. The van der Waals surface area contributed by atoms with E-state index in [-0.39, 0.29) is 23.5 Å². The maximum Gasteiger partial charge on any atom is 0.263 e. The highest BCUT2D eigenvalue weighted by Gasteiger charge is 2.29. The monoisotopic (exact) mass is 386 g/mol. The van der Waals surface area contributed by atoms with Crippen LogP contribution in [0.25, 0.3) is 0 Å². The third kappa shape index (κ3) is 3.76. The molecule has 0 saturated carbocycles. The molecule has 1 unspecified atom stereocenters. The number of thiophene rings is 1. The Balaban J connectivity index is 1.45. The van der Waals surface area contributed by atoms with E-state index < -0.39 is 0 Å². The Labute approximate surface area is 162 Å². The van der Waals surface area contributed by atoms with E-state index >= 15 is 0 Å². The number of carbonyl (C=O) groups excluding carboxylic acids is 2. The second-order valence-electron chi connectivity index (χ2n) is 7.45. The summed E-state index contributed by atoms with van der Waals surface area (Å²) in [5.41, 5.74) is 2.49. The number of likely N-dealkylation sites (tertiary alicyclic amines) is 1. The first-order valence-electron chi connectivity index (χ1n) is 9.49. The molecule has 1 atom stereocenters. The second-order valence-corrected chi connectivity index (χ2v) is 8.58. The number of aryl methyl sites for hydroxylation is 2. The third-order valence-corrected chi connectivity index (χ3v) is 6.74. The van der Waals surface area contributed by atoms with Crippen molar-refractivity contribution in [2.75, 3.05) is 18.4 Å². The molecule has 6 heteroatoms. The summed E-state index contributed by atoms with van der Waals surface area (Å²) < 4.78 is 13.5. The van der Waals surface area contributed by atoms with Crippen molar-refractivity contribution in [3.05, 3.63) is 51.0 Å². The number of rotatable bonds is 3. The van der Waals surface area contributed by atoms with Gasteiger partial charge in [-0.05, 0) is 68.4 Å². The van der Waals surface area contributed by atoms with Gasteiger partial charge in [0.25, 0.3) is 5.91 Å². The molecule has 1 N–H and O–H groups in total. The van der Waals surface area contributed by atoms with Crippen molar-refractivity contribution >= 4 is 28.8 Å². The lowest BCUT2D eigenvalue weighted by Crippen LogP contribution is -2.28. The first-order chi connectivity index (χ1) is 13.0. The average Bonchev–Trinajstić information content (AvgIpc) is 3.32. The minimum atomic E-state index is -0.357. The van der Waals surface area contributed by atoms with Crippen LogP contribution in [0, 0.1) is 18.7 Å². The van der Waals surface area contributed by atoms with Crippen LogP contribution < -0.4 is 5.32 Å². The molecule has 0 radical (unpaired) electrons. The molecule has 4 nitrogen and oxygen atoms in total. The summed E-state index contributed by atoms with van der Waals surface area (Å²) in [5.74, 6) is -0.453. The van der Waals surface area contributed by atoms with E-state index in [9.17, 15) is 14.0 Å². The van der Waals surface area contributed by atoms with Crippen LogP contribution in [0.2, 0.25) is 0 Å². The third-order valence-electron chi connectivity index (χ3n) is 5.52. The van der Waals surface area contributed by atoms with Crippen molar-refractivity contribution < 1.29 is 14.0 Å². The molecule has 0 bridgehead atoms. The van der Waals surface area contributed by atoms with E-state index in [1.54, 1.807) is 17.4 Å². The number of amides is 2. The van der Waals surface area contributed by atoms with Crippen molar-refractivity contribution in [2.45, 2.75) is 39.0 Å². The number of hydrogen-bond acceptors (Lipinski definition) is 3. The molecule has 2 amide bonds. The molecule has 2 aromatic rings. The average molecular weight is 386 g/mol. The minimum absolute atomic E-state index is 0.0760. The van der Waals surface area contributed by atoms with Crippen LogP contribution in [-0.2, 0) is 17.6 Å². The summed E-state index contributed by atoms with van der Waals surface area (Å²) in [6.07, 6.45) is 4.37. The van der Waals surface area contributed by atoms with E-state index in [1.807, 2.05) is 17.9 Å². The molecular formula is C21H23FN2O2S. The summed E-state index contributed by atoms with van der Waals surface area (Å²) in [6, 6.07) is 6.40. The van der Waals surface area contributed by atoms with Crippen LogP contribution in [0.5, 0.6) is 0 Å². The van der Waals surface area contributed by atoms with Crippen LogP contribution in [0.4, 0.5) is 10.1 Å². The molecule has 2 aliphatic rings. The van der Waals surface area contributed by atoms with Gasteiger partial charge in [-0.2, -0.15) is 0 Å². The molecule has 1 aliphatic carbocycles. The Bertz CT molecular complexity index is 886.